The Morgan fingerprint density at radius 3 is 2.60 bits per heavy atom. The van der Waals surface area contributed by atoms with E-state index in [-0.39, 0.29) is 18.0 Å². The number of aromatic nitrogens is 3. The third-order valence-electron chi connectivity index (χ3n) is 7.43. The predicted octanol–water partition coefficient (Wildman–Crippen LogP) is 5.92. The highest BCUT2D eigenvalue weighted by atomic mass is 32.1. The van der Waals surface area contributed by atoms with Crippen molar-refractivity contribution in [3.8, 4) is 10.4 Å². The highest BCUT2D eigenvalue weighted by Gasteiger charge is 2.29. The van der Waals surface area contributed by atoms with Crippen LogP contribution >= 0.6 is 11.3 Å². The van der Waals surface area contributed by atoms with Gasteiger partial charge in [0.25, 0.3) is 5.91 Å². The van der Waals surface area contributed by atoms with Gasteiger partial charge in [0.05, 0.1) is 23.8 Å². The Kier molecular flexibility index (Phi) is 7.86. The Hall–Kier alpha value is -4.34. The van der Waals surface area contributed by atoms with Gasteiger partial charge in [-0.25, -0.2) is 15.0 Å². The molecule has 1 aliphatic rings. The van der Waals surface area contributed by atoms with Gasteiger partial charge in [-0.3, -0.25) is 4.79 Å². The number of carbonyl (C=O) groups excluding carboxylic acids is 1. The van der Waals surface area contributed by atoms with Crippen molar-refractivity contribution < 1.29 is 4.79 Å². The molecule has 0 saturated carbocycles. The molecule has 0 spiro atoms. The molecule has 2 N–H and O–H groups in total. The standard InChI is InChI=1S/C33H35N7OS/c1-21(29-14-15-30(42-29)26-13-9-8-12-24(26)18-39(3)4)35-32-27-16-31(34-17-28(27)36-22(2)37-32)40-19-25(20-40)38-33(41)23-10-6-5-7-11-23/h5-17,21,25H,18-20H2,1-4H3,(H,38,41)(H,35,36,37). The number of rotatable bonds is 9. The molecule has 0 bridgehead atoms. The lowest BCUT2D eigenvalue weighted by molar-refractivity contribution is 0.0930. The minimum Gasteiger partial charge on any atom is -0.362 e. The van der Waals surface area contributed by atoms with Gasteiger partial charge in [-0.2, -0.15) is 0 Å². The van der Waals surface area contributed by atoms with Gasteiger partial charge in [0.2, 0.25) is 0 Å². The minimum absolute atomic E-state index is 0.0472. The molecule has 4 heterocycles. The first-order valence-corrected chi connectivity index (χ1v) is 15.0. The lowest BCUT2D eigenvalue weighted by Gasteiger charge is -2.40. The molecular formula is C33H35N7OS. The summed E-state index contributed by atoms with van der Waals surface area (Å²) in [5, 5.41) is 7.70. The summed E-state index contributed by atoms with van der Waals surface area (Å²) >= 11 is 1.81. The van der Waals surface area contributed by atoms with Crippen LogP contribution in [0.2, 0.25) is 0 Å². The molecule has 2 aromatic carbocycles. The van der Waals surface area contributed by atoms with Gasteiger partial charge >= 0.3 is 0 Å². The summed E-state index contributed by atoms with van der Waals surface area (Å²) in [5.41, 5.74) is 4.08. The van der Waals surface area contributed by atoms with E-state index in [9.17, 15) is 4.79 Å². The summed E-state index contributed by atoms with van der Waals surface area (Å²) in [6.07, 6.45) is 1.82. The lowest BCUT2D eigenvalue weighted by Crippen LogP contribution is -2.59. The van der Waals surface area contributed by atoms with Crippen LogP contribution in [0, 0.1) is 6.92 Å². The summed E-state index contributed by atoms with van der Waals surface area (Å²) in [5.74, 6) is 2.30. The van der Waals surface area contributed by atoms with Gasteiger partial charge in [0, 0.05) is 40.3 Å². The first-order chi connectivity index (χ1) is 20.3. The Labute approximate surface area is 250 Å². The molecule has 1 amide bonds. The maximum Gasteiger partial charge on any atom is 0.251 e. The molecule has 6 rings (SSSR count). The van der Waals surface area contributed by atoms with E-state index >= 15 is 0 Å². The third kappa shape index (κ3) is 5.98. The quantitative estimate of drug-likeness (QED) is 0.225. The minimum atomic E-state index is -0.0472. The topological polar surface area (TPSA) is 86.3 Å². The summed E-state index contributed by atoms with van der Waals surface area (Å²) in [7, 11) is 4.20. The van der Waals surface area contributed by atoms with Gasteiger partial charge < -0.3 is 20.4 Å². The molecule has 1 atom stereocenters. The van der Waals surface area contributed by atoms with Crippen molar-refractivity contribution in [1.29, 1.82) is 0 Å². The van der Waals surface area contributed by atoms with Crippen molar-refractivity contribution in [2.45, 2.75) is 32.5 Å². The number of nitrogens with zero attached hydrogens (tertiary/aromatic N) is 5. The molecule has 1 fully saturated rings. The van der Waals surface area contributed by atoms with Crippen LogP contribution in [0.5, 0.6) is 0 Å². The number of hydrogen-bond donors (Lipinski definition) is 2. The average Bonchev–Trinajstić information content (AvgIpc) is 3.45. The average molecular weight is 578 g/mol. The number of nitrogens with one attached hydrogen (secondary N) is 2. The fraction of sp³-hybridized carbons (Fsp3) is 0.273. The van der Waals surface area contributed by atoms with E-state index in [4.69, 9.17) is 4.98 Å². The fourth-order valence-electron chi connectivity index (χ4n) is 5.28. The molecule has 214 valence electrons. The van der Waals surface area contributed by atoms with E-state index < -0.39 is 0 Å². The number of thiophene rings is 1. The lowest BCUT2D eigenvalue weighted by atomic mass is 10.1. The van der Waals surface area contributed by atoms with Crippen LogP contribution in [0.15, 0.2) is 79.0 Å². The SMILES string of the molecule is Cc1nc(NC(C)c2ccc(-c3ccccc3CN(C)C)s2)c2cc(N3CC(NC(=O)c4ccccc4)C3)ncc2n1. The normalized spacial score (nSPS) is 14.2. The van der Waals surface area contributed by atoms with E-state index in [1.54, 1.807) is 0 Å². The van der Waals surface area contributed by atoms with Crippen LogP contribution in [0.1, 0.15) is 39.6 Å². The number of benzene rings is 2. The summed E-state index contributed by atoms with van der Waals surface area (Å²) in [4.78, 5) is 33.5. The molecule has 3 aromatic heterocycles. The molecule has 1 aliphatic heterocycles. The first-order valence-electron chi connectivity index (χ1n) is 14.2. The summed E-state index contributed by atoms with van der Waals surface area (Å²) in [6, 6.07) is 24.5. The van der Waals surface area contributed by atoms with E-state index in [1.807, 2.05) is 54.8 Å². The zero-order valence-corrected chi connectivity index (χ0v) is 25.2. The maximum atomic E-state index is 12.5. The van der Waals surface area contributed by atoms with Crippen LogP contribution in [0.3, 0.4) is 0 Å². The zero-order valence-electron chi connectivity index (χ0n) is 24.3. The van der Waals surface area contributed by atoms with Crippen molar-refractivity contribution in [3.63, 3.8) is 0 Å². The van der Waals surface area contributed by atoms with Crippen LogP contribution < -0.4 is 15.5 Å². The molecular weight excluding hydrogens is 542 g/mol. The largest absolute Gasteiger partial charge is 0.362 e. The molecule has 0 radical (unpaired) electrons. The van der Waals surface area contributed by atoms with E-state index in [0.29, 0.717) is 24.5 Å². The number of anilines is 2. The van der Waals surface area contributed by atoms with Gasteiger partial charge in [-0.15, -0.1) is 11.3 Å². The van der Waals surface area contributed by atoms with Crippen LogP contribution in [-0.2, 0) is 6.54 Å². The number of fused-ring (bicyclic) bond motifs is 1. The number of pyridine rings is 1. The van der Waals surface area contributed by atoms with Crippen molar-refractivity contribution >= 4 is 39.8 Å². The molecule has 1 saturated heterocycles. The Balaban J connectivity index is 1.18. The Morgan fingerprint density at radius 1 is 1.05 bits per heavy atom. The number of aryl methyl sites for hydroxylation is 1. The molecule has 1 unspecified atom stereocenters. The van der Waals surface area contributed by atoms with Crippen LogP contribution in [0.4, 0.5) is 11.6 Å². The second-order valence-corrected chi connectivity index (χ2v) is 12.2. The smallest absolute Gasteiger partial charge is 0.251 e. The highest BCUT2D eigenvalue weighted by Crippen LogP contribution is 2.36. The van der Waals surface area contributed by atoms with Crippen LogP contribution in [-0.4, -0.2) is 59.0 Å². The van der Waals surface area contributed by atoms with Gasteiger partial charge in [0.15, 0.2) is 0 Å². The Morgan fingerprint density at radius 2 is 1.81 bits per heavy atom. The number of carbonyl (C=O) groups is 1. The van der Waals surface area contributed by atoms with E-state index in [2.05, 4.69) is 93.9 Å². The van der Waals surface area contributed by atoms with Gasteiger partial charge in [-0.05, 0) is 69.4 Å². The van der Waals surface area contributed by atoms with Gasteiger partial charge in [0.1, 0.15) is 17.5 Å². The van der Waals surface area contributed by atoms with Gasteiger partial charge in [-0.1, -0.05) is 42.5 Å². The molecule has 42 heavy (non-hydrogen) atoms. The number of amides is 1. The third-order valence-corrected chi connectivity index (χ3v) is 8.73. The predicted molar refractivity (Wildman–Crippen MR) is 171 cm³/mol. The summed E-state index contributed by atoms with van der Waals surface area (Å²) in [6.45, 7) is 6.38. The fourth-order valence-corrected chi connectivity index (χ4v) is 6.35. The second-order valence-electron chi connectivity index (χ2n) is 11.1. The van der Waals surface area contributed by atoms with Crippen molar-refractivity contribution in [1.82, 2.24) is 25.2 Å². The first kappa shape index (κ1) is 27.8. The van der Waals surface area contributed by atoms with Crippen LogP contribution in [0.25, 0.3) is 21.3 Å². The molecule has 9 heteroatoms. The highest BCUT2D eigenvalue weighted by molar-refractivity contribution is 7.15. The monoisotopic (exact) mass is 577 g/mol. The number of hydrogen-bond acceptors (Lipinski definition) is 8. The molecule has 5 aromatic rings. The van der Waals surface area contributed by atoms with Crippen molar-refractivity contribution in [3.05, 3.63) is 101 Å². The maximum absolute atomic E-state index is 12.5. The van der Waals surface area contributed by atoms with E-state index in [1.165, 1.54) is 20.9 Å². The van der Waals surface area contributed by atoms with Crippen molar-refractivity contribution in [2.24, 2.45) is 0 Å². The molecule has 0 aliphatic carbocycles. The summed E-state index contributed by atoms with van der Waals surface area (Å²) < 4.78 is 0. The van der Waals surface area contributed by atoms with E-state index in [0.717, 1.165) is 29.1 Å². The second kappa shape index (κ2) is 11.9. The molecule has 8 nitrogen and oxygen atoms in total. The van der Waals surface area contributed by atoms with Crippen molar-refractivity contribution in [2.75, 3.05) is 37.4 Å². The Bertz CT molecular complexity index is 1710. The zero-order chi connectivity index (χ0) is 29.2.